The Bertz CT molecular complexity index is 473. The largest absolute Gasteiger partial charge is 0.496 e. The van der Waals surface area contributed by atoms with Gasteiger partial charge in [-0.25, -0.2) is 4.79 Å². The standard InChI is InChI=1S/C15H20O4/c1-15(2,3)11(14(16)17)9-10-12(18-4)7-6-8-13(10)19-5/h6-9H,1-5H3,(H,16,17). The predicted octanol–water partition coefficient (Wildman–Crippen LogP) is 3.22. The quantitative estimate of drug-likeness (QED) is 0.848. The van der Waals surface area contributed by atoms with Crippen molar-refractivity contribution in [2.24, 2.45) is 5.41 Å². The summed E-state index contributed by atoms with van der Waals surface area (Å²) in [5, 5.41) is 9.35. The van der Waals surface area contributed by atoms with E-state index in [-0.39, 0.29) is 0 Å². The molecule has 4 heteroatoms. The van der Waals surface area contributed by atoms with Crippen molar-refractivity contribution in [3.63, 3.8) is 0 Å². The highest BCUT2D eigenvalue weighted by molar-refractivity contribution is 5.94. The molecular weight excluding hydrogens is 244 g/mol. The fourth-order valence-corrected chi connectivity index (χ4v) is 1.77. The molecule has 1 N–H and O–H groups in total. The Kier molecular flexibility index (Phi) is 4.59. The molecule has 4 nitrogen and oxygen atoms in total. The monoisotopic (exact) mass is 264 g/mol. The van der Waals surface area contributed by atoms with Crippen LogP contribution in [0.2, 0.25) is 0 Å². The molecule has 0 unspecified atom stereocenters. The maximum atomic E-state index is 11.4. The van der Waals surface area contributed by atoms with E-state index >= 15 is 0 Å². The third-order valence-electron chi connectivity index (χ3n) is 2.79. The minimum absolute atomic E-state index is 0.301. The number of methoxy groups -OCH3 is 2. The van der Waals surface area contributed by atoms with Crippen LogP contribution >= 0.6 is 0 Å². The molecule has 0 aliphatic carbocycles. The van der Waals surface area contributed by atoms with Crippen molar-refractivity contribution in [1.82, 2.24) is 0 Å². The second-order valence-electron chi connectivity index (χ2n) is 5.19. The molecule has 0 saturated carbocycles. The van der Waals surface area contributed by atoms with Gasteiger partial charge in [-0.05, 0) is 23.6 Å². The minimum atomic E-state index is -0.944. The molecule has 0 spiro atoms. The van der Waals surface area contributed by atoms with Gasteiger partial charge in [-0.1, -0.05) is 26.8 Å². The highest BCUT2D eigenvalue weighted by Gasteiger charge is 2.24. The van der Waals surface area contributed by atoms with Crippen LogP contribution in [0.15, 0.2) is 23.8 Å². The summed E-state index contributed by atoms with van der Waals surface area (Å²) in [7, 11) is 3.09. The van der Waals surface area contributed by atoms with Crippen molar-refractivity contribution in [3.8, 4) is 11.5 Å². The molecular formula is C15H20O4. The molecule has 0 atom stereocenters. The van der Waals surface area contributed by atoms with Gasteiger partial charge in [0.1, 0.15) is 11.5 Å². The van der Waals surface area contributed by atoms with Crippen LogP contribution in [0.3, 0.4) is 0 Å². The van der Waals surface area contributed by atoms with E-state index in [2.05, 4.69) is 0 Å². The van der Waals surface area contributed by atoms with Gasteiger partial charge in [0.25, 0.3) is 0 Å². The highest BCUT2D eigenvalue weighted by Crippen LogP contribution is 2.34. The van der Waals surface area contributed by atoms with Gasteiger partial charge in [-0.2, -0.15) is 0 Å². The van der Waals surface area contributed by atoms with Gasteiger partial charge in [0, 0.05) is 5.57 Å². The molecule has 0 saturated heterocycles. The van der Waals surface area contributed by atoms with Crippen LogP contribution in [0, 0.1) is 5.41 Å². The van der Waals surface area contributed by atoms with Gasteiger partial charge in [0.15, 0.2) is 0 Å². The van der Waals surface area contributed by atoms with Crippen molar-refractivity contribution >= 4 is 12.0 Å². The second-order valence-corrected chi connectivity index (χ2v) is 5.19. The maximum absolute atomic E-state index is 11.4. The van der Waals surface area contributed by atoms with Gasteiger partial charge in [0.05, 0.1) is 19.8 Å². The third-order valence-corrected chi connectivity index (χ3v) is 2.79. The van der Waals surface area contributed by atoms with E-state index < -0.39 is 11.4 Å². The molecule has 104 valence electrons. The van der Waals surface area contributed by atoms with Crippen LogP contribution in [-0.4, -0.2) is 25.3 Å². The van der Waals surface area contributed by atoms with Gasteiger partial charge >= 0.3 is 5.97 Å². The van der Waals surface area contributed by atoms with Crippen molar-refractivity contribution < 1.29 is 19.4 Å². The molecule has 0 aliphatic rings. The number of hydrogen-bond acceptors (Lipinski definition) is 3. The number of aliphatic carboxylic acids is 1. The average molecular weight is 264 g/mol. The molecule has 19 heavy (non-hydrogen) atoms. The molecule has 1 aromatic carbocycles. The zero-order valence-electron chi connectivity index (χ0n) is 12.0. The Morgan fingerprint density at radius 3 is 1.95 bits per heavy atom. The predicted molar refractivity (Wildman–Crippen MR) is 74.6 cm³/mol. The molecule has 0 radical (unpaired) electrons. The Hall–Kier alpha value is -1.97. The SMILES string of the molecule is COc1cccc(OC)c1C=C(C(=O)O)C(C)(C)C. The Balaban J connectivity index is 3.47. The number of carboxylic acids is 1. The summed E-state index contributed by atoms with van der Waals surface area (Å²) in [5.74, 6) is 0.227. The lowest BCUT2D eigenvalue weighted by Crippen LogP contribution is -2.17. The summed E-state index contributed by atoms with van der Waals surface area (Å²) >= 11 is 0. The van der Waals surface area contributed by atoms with Gasteiger partial charge in [-0.15, -0.1) is 0 Å². The van der Waals surface area contributed by atoms with Gasteiger partial charge in [0.2, 0.25) is 0 Å². The molecule has 0 heterocycles. The molecule has 0 fully saturated rings. The van der Waals surface area contributed by atoms with E-state index in [1.54, 1.807) is 38.5 Å². The average Bonchev–Trinajstić information content (AvgIpc) is 2.33. The Morgan fingerprint density at radius 1 is 1.16 bits per heavy atom. The summed E-state index contributed by atoms with van der Waals surface area (Å²) in [4.78, 5) is 11.4. The fourth-order valence-electron chi connectivity index (χ4n) is 1.77. The van der Waals surface area contributed by atoms with Crippen molar-refractivity contribution in [2.45, 2.75) is 20.8 Å². The lowest BCUT2D eigenvalue weighted by Gasteiger charge is -2.20. The number of carbonyl (C=O) groups is 1. The van der Waals surface area contributed by atoms with E-state index in [1.165, 1.54) is 0 Å². The van der Waals surface area contributed by atoms with E-state index in [1.807, 2.05) is 20.8 Å². The van der Waals surface area contributed by atoms with E-state index in [0.29, 0.717) is 22.6 Å². The third kappa shape index (κ3) is 3.50. The van der Waals surface area contributed by atoms with Crippen LogP contribution in [0.25, 0.3) is 6.08 Å². The zero-order valence-corrected chi connectivity index (χ0v) is 12.0. The van der Waals surface area contributed by atoms with Crippen LogP contribution in [0.1, 0.15) is 26.3 Å². The first-order valence-corrected chi connectivity index (χ1v) is 5.97. The number of rotatable bonds is 4. The Labute approximate surface area is 113 Å². The number of benzene rings is 1. The molecule has 0 aliphatic heterocycles. The van der Waals surface area contributed by atoms with Crippen molar-refractivity contribution in [2.75, 3.05) is 14.2 Å². The number of hydrogen-bond donors (Lipinski definition) is 1. The normalized spacial score (nSPS) is 12.2. The van der Waals surface area contributed by atoms with E-state index in [0.717, 1.165) is 0 Å². The lowest BCUT2D eigenvalue weighted by molar-refractivity contribution is -0.133. The van der Waals surface area contributed by atoms with E-state index in [4.69, 9.17) is 9.47 Å². The Morgan fingerprint density at radius 2 is 1.63 bits per heavy atom. The molecule has 1 aromatic rings. The first-order valence-electron chi connectivity index (χ1n) is 5.97. The zero-order chi connectivity index (χ0) is 14.6. The van der Waals surface area contributed by atoms with Crippen molar-refractivity contribution in [1.29, 1.82) is 0 Å². The smallest absolute Gasteiger partial charge is 0.332 e. The van der Waals surface area contributed by atoms with Crippen molar-refractivity contribution in [3.05, 3.63) is 29.3 Å². The van der Waals surface area contributed by atoms with E-state index in [9.17, 15) is 9.90 Å². The number of carboxylic acid groups (broad SMARTS) is 1. The first-order chi connectivity index (χ1) is 8.81. The van der Waals surface area contributed by atoms with Crippen LogP contribution in [0.4, 0.5) is 0 Å². The highest BCUT2D eigenvalue weighted by atomic mass is 16.5. The molecule has 1 rings (SSSR count). The van der Waals surface area contributed by atoms with Crippen LogP contribution in [-0.2, 0) is 4.79 Å². The number of ether oxygens (including phenoxy) is 2. The second kappa shape index (κ2) is 5.78. The van der Waals surface area contributed by atoms with Crippen LogP contribution in [0.5, 0.6) is 11.5 Å². The summed E-state index contributed by atoms with van der Waals surface area (Å²) in [6.07, 6.45) is 1.61. The molecule has 0 aromatic heterocycles. The summed E-state index contributed by atoms with van der Waals surface area (Å²) in [6.45, 7) is 5.57. The minimum Gasteiger partial charge on any atom is -0.496 e. The summed E-state index contributed by atoms with van der Waals surface area (Å²) < 4.78 is 10.5. The molecule has 0 bridgehead atoms. The van der Waals surface area contributed by atoms with Gasteiger partial charge in [-0.3, -0.25) is 0 Å². The topological polar surface area (TPSA) is 55.8 Å². The fraction of sp³-hybridized carbons (Fsp3) is 0.400. The van der Waals surface area contributed by atoms with Crippen LogP contribution < -0.4 is 9.47 Å². The summed E-state index contributed by atoms with van der Waals surface area (Å²) in [5.41, 5.74) is 0.465. The first kappa shape index (κ1) is 15.1. The van der Waals surface area contributed by atoms with Gasteiger partial charge < -0.3 is 14.6 Å². The lowest BCUT2D eigenvalue weighted by atomic mass is 9.85. The summed E-state index contributed by atoms with van der Waals surface area (Å²) in [6, 6.07) is 5.35. The molecule has 0 amide bonds. The maximum Gasteiger partial charge on any atom is 0.332 e.